The number of hydrogen-bond acceptors (Lipinski definition) is 4. The zero-order valence-corrected chi connectivity index (χ0v) is 15.1. The van der Waals surface area contributed by atoms with E-state index in [1.54, 1.807) is 12.4 Å². The molecule has 1 aromatic carbocycles. The van der Waals surface area contributed by atoms with Crippen LogP contribution < -0.4 is 4.90 Å². The molecule has 0 bridgehead atoms. The van der Waals surface area contributed by atoms with Crippen LogP contribution in [0.2, 0.25) is 0 Å². The summed E-state index contributed by atoms with van der Waals surface area (Å²) in [7, 11) is 0. The molecule has 0 aliphatic carbocycles. The van der Waals surface area contributed by atoms with Crippen LogP contribution in [0, 0.1) is 5.92 Å². The molecule has 2 aromatic rings. The van der Waals surface area contributed by atoms with Crippen molar-refractivity contribution >= 4 is 11.9 Å². The molecule has 5 heteroatoms. The van der Waals surface area contributed by atoms with Crippen LogP contribution in [-0.4, -0.2) is 40.4 Å². The Morgan fingerprint density at radius 1 is 1.24 bits per heavy atom. The molecular formula is C20H26N4O. The minimum atomic E-state index is 0.0456. The van der Waals surface area contributed by atoms with Crippen molar-refractivity contribution < 1.29 is 4.79 Å². The number of likely N-dealkylation sites (tertiary alicyclic amines) is 1. The largest absolute Gasteiger partial charge is 0.338 e. The van der Waals surface area contributed by atoms with Gasteiger partial charge in [-0.2, -0.15) is 0 Å². The molecule has 1 aliphatic heterocycles. The van der Waals surface area contributed by atoms with Crippen LogP contribution in [-0.2, 0) is 6.54 Å². The Kier molecular flexibility index (Phi) is 5.64. The lowest BCUT2D eigenvalue weighted by Crippen LogP contribution is -2.39. The molecule has 25 heavy (non-hydrogen) atoms. The second-order valence-corrected chi connectivity index (χ2v) is 6.77. The summed E-state index contributed by atoms with van der Waals surface area (Å²) in [5.41, 5.74) is 1.80. The van der Waals surface area contributed by atoms with E-state index < -0.39 is 0 Å². The quantitative estimate of drug-likeness (QED) is 0.839. The first-order chi connectivity index (χ1) is 12.2. The lowest BCUT2D eigenvalue weighted by molar-refractivity contribution is 0.0682. The average molecular weight is 338 g/mol. The first kappa shape index (κ1) is 17.4. The Bertz CT molecular complexity index is 687. The van der Waals surface area contributed by atoms with Gasteiger partial charge in [-0.15, -0.1) is 0 Å². The Hall–Kier alpha value is -2.43. The number of anilines is 1. The number of benzene rings is 1. The Labute approximate surface area is 149 Å². The number of aromatic nitrogens is 2. The highest BCUT2D eigenvalue weighted by molar-refractivity contribution is 5.93. The van der Waals surface area contributed by atoms with Gasteiger partial charge < -0.3 is 9.80 Å². The van der Waals surface area contributed by atoms with E-state index in [0.717, 1.165) is 32.6 Å². The summed E-state index contributed by atoms with van der Waals surface area (Å²) in [5.74, 6) is 1.28. The van der Waals surface area contributed by atoms with Gasteiger partial charge in [0.05, 0.1) is 5.56 Å². The summed E-state index contributed by atoms with van der Waals surface area (Å²) in [6.45, 7) is 7.51. The van der Waals surface area contributed by atoms with Crippen molar-refractivity contribution in [2.75, 3.05) is 24.5 Å². The number of hydrogen-bond donors (Lipinski definition) is 0. The van der Waals surface area contributed by atoms with Crippen LogP contribution in [0.4, 0.5) is 5.95 Å². The third-order valence-electron chi connectivity index (χ3n) is 4.71. The van der Waals surface area contributed by atoms with E-state index >= 15 is 0 Å². The summed E-state index contributed by atoms with van der Waals surface area (Å²) in [5, 5.41) is 0. The molecule has 1 saturated heterocycles. The fraction of sp³-hybridized carbons (Fsp3) is 0.450. The molecule has 132 valence electrons. The predicted octanol–water partition coefficient (Wildman–Crippen LogP) is 3.38. The maximum Gasteiger partial charge on any atom is 0.257 e. The number of rotatable bonds is 5. The van der Waals surface area contributed by atoms with Crippen LogP contribution >= 0.6 is 0 Å². The summed E-state index contributed by atoms with van der Waals surface area (Å²) in [4.78, 5) is 25.5. The highest BCUT2D eigenvalue weighted by Crippen LogP contribution is 2.18. The van der Waals surface area contributed by atoms with Gasteiger partial charge in [-0.05, 0) is 31.2 Å². The van der Waals surface area contributed by atoms with Crippen molar-refractivity contribution in [1.29, 1.82) is 0 Å². The average Bonchev–Trinajstić information content (AvgIpc) is 2.66. The normalized spacial score (nSPS) is 17.4. The molecule has 1 unspecified atom stereocenters. The van der Waals surface area contributed by atoms with E-state index in [4.69, 9.17) is 0 Å². The summed E-state index contributed by atoms with van der Waals surface area (Å²) in [6.07, 6.45) is 5.60. The summed E-state index contributed by atoms with van der Waals surface area (Å²) in [6, 6.07) is 10.3. The van der Waals surface area contributed by atoms with Crippen molar-refractivity contribution in [3.05, 3.63) is 53.9 Å². The Morgan fingerprint density at radius 3 is 2.60 bits per heavy atom. The second-order valence-electron chi connectivity index (χ2n) is 6.77. The molecule has 0 spiro atoms. The van der Waals surface area contributed by atoms with Gasteiger partial charge in [0.1, 0.15) is 0 Å². The molecular weight excluding hydrogens is 312 g/mol. The van der Waals surface area contributed by atoms with Crippen LogP contribution in [0.15, 0.2) is 42.7 Å². The van der Waals surface area contributed by atoms with Crippen molar-refractivity contribution in [2.24, 2.45) is 5.92 Å². The second kappa shape index (κ2) is 8.10. The minimum absolute atomic E-state index is 0.0456. The van der Waals surface area contributed by atoms with Crippen molar-refractivity contribution in [2.45, 2.75) is 33.2 Å². The number of carbonyl (C=O) groups excluding carboxylic acids is 1. The summed E-state index contributed by atoms with van der Waals surface area (Å²) < 4.78 is 0. The molecule has 3 rings (SSSR count). The van der Waals surface area contributed by atoms with Gasteiger partial charge in [0.2, 0.25) is 5.95 Å². The number of nitrogens with zero attached hydrogens (tertiary/aromatic N) is 4. The van der Waals surface area contributed by atoms with Gasteiger partial charge >= 0.3 is 0 Å². The molecule has 5 nitrogen and oxygen atoms in total. The molecule has 1 aromatic heterocycles. The molecule has 0 radical (unpaired) electrons. The van der Waals surface area contributed by atoms with Gasteiger partial charge in [0.15, 0.2) is 0 Å². The van der Waals surface area contributed by atoms with Gasteiger partial charge in [0.25, 0.3) is 5.91 Å². The minimum Gasteiger partial charge on any atom is -0.338 e. The lowest BCUT2D eigenvalue weighted by atomic mass is 10.00. The van der Waals surface area contributed by atoms with Gasteiger partial charge in [-0.3, -0.25) is 4.79 Å². The Balaban J connectivity index is 1.69. The van der Waals surface area contributed by atoms with Crippen molar-refractivity contribution in [3.63, 3.8) is 0 Å². The SMILES string of the molecule is CCN(Cc1ccccc1)c1ncc(C(=O)N2CCCC(C)C2)cn1. The molecule has 0 saturated carbocycles. The zero-order chi connectivity index (χ0) is 17.6. The van der Waals surface area contributed by atoms with E-state index in [2.05, 4.69) is 40.8 Å². The topological polar surface area (TPSA) is 49.3 Å². The lowest BCUT2D eigenvalue weighted by Gasteiger charge is -2.30. The molecule has 0 N–H and O–H groups in total. The van der Waals surface area contributed by atoms with Crippen LogP contribution in [0.1, 0.15) is 42.6 Å². The standard InChI is InChI=1S/C20H26N4O/c1-3-23(15-17-9-5-4-6-10-17)20-21-12-18(13-22-20)19(25)24-11-7-8-16(2)14-24/h4-6,9-10,12-13,16H,3,7-8,11,14-15H2,1-2H3. The first-order valence-corrected chi connectivity index (χ1v) is 9.07. The monoisotopic (exact) mass is 338 g/mol. The van der Waals surface area contributed by atoms with Crippen LogP contribution in [0.5, 0.6) is 0 Å². The fourth-order valence-corrected chi connectivity index (χ4v) is 3.28. The molecule has 1 atom stereocenters. The van der Waals surface area contributed by atoms with Crippen LogP contribution in [0.25, 0.3) is 0 Å². The van der Waals surface area contributed by atoms with E-state index in [1.807, 2.05) is 23.1 Å². The maximum atomic E-state index is 12.6. The van der Waals surface area contributed by atoms with Crippen molar-refractivity contribution in [1.82, 2.24) is 14.9 Å². The predicted molar refractivity (Wildman–Crippen MR) is 99.5 cm³/mol. The molecule has 2 heterocycles. The number of amides is 1. The van der Waals surface area contributed by atoms with E-state index in [1.165, 1.54) is 12.0 Å². The number of piperidine rings is 1. The van der Waals surface area contributed by atoms with Gasteiger partial charge in [-0.1, -0.05) is 37.3 Å². The molecule has 1 amide bonds. The smallest absolute Gasteiger partial charge is 0.257 e. The van der Waals surface area contributed by atoms with Gasteiger partial charge in [0, 0.05) is 38.6 Å². The Morgan fingerprint density at radius 2 is 1.96 bits per heavy atom. The van der Waals surface area contributed by atoms with E-state index in [9.17, 15) is 4.79 Å². The third-order valence-corrected chi connectivity index (χ3v) is 4.71. The van der Waals surface area contributed by atoms with Crippen LogP contribution in [0.3, 0.4) is 0 Å². The van der Waals surface area contributed by atoms with E-state index in [0.29, 0.717) is 17.4 Å². The van der Waals surface area contributed by atoms with Crippen molar-refractivity contribution in [3.8, 4) is 0 Å². The molecule has 1 fully saturated rings. The fourth-order valence-electron chi connectivity index (χ4n) is 3.28. The number of carbonyl (C=O) groups is 1. The van der Waals surface area contributed by atoms with E-state index in [-0.39, 0.29) is 5.91 Å². The summed E-state index contributed by atoms with van der Waals surface area (Å²) >= 11 is 0. The molecule has 1 aliphatic rings. The third kappa shape index (κ3) is 4.35. The highest BCUT2D eigenvalue weighted by atomic mass is 16.2. The first-order valence-electron chi connectivity index (χ1n) is 9.07. The zero-order valence-electron chi connectivity index (χ0n) is 15.1. The maximum absolute atomic E-state index is 12.6. The van der Waals surface area contributed by atoms with Gasteiger partial charge in [-0.25, -0.2) is 9.97 Å². The highest BCUT2D eigenvalue weighted by Gasteiger charge is 2.22.